The lowest BCUT2D eigenvalue weighted by Gasteiger charge is -2.15. The van der Waals surface area contributed by atoms with Gasteiger partial charge in [-0.3, -0.25) is 0 Å². The molecule has 6 heteroatoms. The van der Waals surface area contributed by atoms with Crippen molar-refractivity contribution in [2.45, 2.75) is 6.18 Å². The molecule has 0 aliphatic heterocycles. The third-order valence-corrected chi connectivity index (χ3v) is 5.25. The molecule has 0 spiro atoms. The van der Waals surface area contributed by atoms with Gasteiger partial charge in [0.25, 0.3) is 0 Å². The Morgan fingerprint density at radius 2 is 1.27 bits per heavy atom. The first kappa shape index (κ1) is 18.2. The van der Waals surface area contributed by atoms with Crippen LogP contribution in [0.3, 0.4) is 0 Å². The highest BCUT2D eigenvalue weighted by molar-refractivity contribution is 6.26. The molecule has 0 unspecified atom stereocenters. The van der Waals surface area contributed by atoms with Crippen molar-refractivity contribution in [3.8, 4) is 0 Å². The average molecular weight is 404 g/mol. The number of halogens is 3. The number of alkyl halides is 3. The molecular weight excluding hydrogens is 389 g/mol. The Labute approximate surface area is 169 Å². The molecule has 0 bridgehead atoms. The first-order valence-corrected chi connectivity index (χ1v) is 9.32. The maximum Gasteiger partial charge on any atom is 0.416 e. The van der Waals surface area contributed by atoms with Gasteiger partial charge in [0.05, 0.1) is 11.3 Å². The second kappa shape index (κ2) is 6.62. The number of benzene rings is 5. The molecule has 0 heterocycles. The monoisotopic (exact) mass is 404 g/mol. The molecule has 0 saturated carbocycles. The van der Waals surface area contributed by atoms with Crippen molar-refractivity contribution in [1.29, 1.82) is 0 Å². The maximum absolute atomic E-state index is 12.7. The van der Waals surface area contributed by atoms with Crippen LogP contribution in [0.25, 0.3) is 32.3 Å². The molecule has 148 valence electrons. The highest BCUT2D eigenvalue weighted by Crippen LogP contribution is 2.37. The minimum Gasteiger partial charge on any atom is -0.308 e. The van der Waals surface area contributed by atoms with Gasteiger partial charge in [-0.2, -0.15) is 13.2 Å². The lowest BCUT2D eigenvalue weighted by molar-refractivity contribution is -0.137. The summed E-state index contributed by atoms with van der Waals surface area (Å²) in [6.45, 7) is 0. The fourth-order valence-corrected chi connectivity index (χ4v) is 3.87. The molecule has 0 fully saturated rings. The van der Waals surface area contributed by atoms with E-state index >= 15 is 0 Å². The molecule has 0 aromatic heterocycles. The van der Waals surface area contributed by atoms with Gasteiger partial charge in [0.2, 0.25) is 0 Å². The Bertz CT molecular complexity index is 1380. The van der Waals surface area contributed by atoms with Gasteiger partial charge in [-0.15, -0.1) is 0 Å². The SMILES string of the molecule is O=C(Nc1ccc(C(F)(F)F)cc1)Nc1ccc2ccc3cccc4ccc1c2c34. The molecule has 0 aliphatic rings. The van der Waals surface area contributed by atoms with Crippen molar-refractivity contribution in [3.05, 3.63) is 84.4 Å². The molecule has 3 nitrogen and oxygen atoms in total. The molecular formula is C24H15F3N2O. The fourth-order valence-electron chi connectivity index (χ4n) is 3.87. The van der Waals surface area contributed by atoms with E-state index in [9.17, 15) is 18.0 Å². The van der Waals surface area contributed by atoms with Gasteiger partial charge in [-0.1, -0.05) is 48.5 Å². The standard InChI is InChI=1S/C24H15F3N2O/c25-24(26,27)17-8-10-18(11-9-17)28-23(30)29-20-13-7-16-5-4-14-2-1-3-15-6-12-19(20)22(16)21(14)15/h1-13H,(H2,28,29,30). The van der Waals surface area contributed by atoms with Crippen molar-refractivity contribution < 1.29 is 18.0 Å². The summed E-state index contributed by atoms with van der Waals surface area (Å²) < 4.78 is 38.1. The van der Waals surface area contributed by atoms with Crippen molar-refractivity contribution in [2.75, 3.05) is 10.6 Å². The normalized spacial score (nSPS) is 12.0. The zero-order chi connectivity index (χ0) is 20.9. The van der Waals surface area contributed by atoms with Crippen LogP contribution in [0, 0.1) is 0 Å². The number of urea groups is 1. The number of amides is 2. The number of carbonyl (C=O) groups excluding carboxylic acids is 1. The zero-order valence-corrected chi connectivity index (χ0v) is 15.5. The van der Waals surface area contributed by atoms with E-state index in [1.54, 1.807) is 0 Å². The molecule has 2 N–H and O–H groups in total. The molecule has 0 radical (unpaired) electrons. The largest absolute Gasteiger partial charge is 0.416 e. The van der Waals surface area contributed by atoms with E-state index in [0.29, 0.717) is 5.69 Å². The third-order valence-electron chi connectivity index (χ3n) is 5.25. The summed E-state index contributed by atoms with van der Waals surface area (Å²) in [5.74, 6) is 0. The Morgan fingerprint density at radius 1 is 0.667 bits per heavy atom. The van der Waals surface area contributed by atoms with Crippen LogP contribution < -0.4 is 10.6 Å². The second-order valence-electron chi connectivity index (χ2n) is 7.12. The van der Waals surface area contributed by atoms with E-state index in [0.717, 1.165) is 44.5 Å². The predicted octanol–water partition coefficient (Wildman–Crippen LogP) is 7.25. The van der Waals surface area contributed by atoms with Crippen molar-refractivity contribution in [2.24, 2.45) is 0 Å². The number of carbonyl (C=O) groups is 1. The molecule has 0 aliphatic carbocycles. The van der Waals surface area contributed by atoms with Gasteiger partial charge in [0, 0.05) is 11.1 Å². The lowest BCUT2D eigenvalue weighted by atomic mass is 9.93. The Hall–Kier alpha value is -3.80. The van der Waals surface area contributed by atoms with E-state index in [-0.39, 0.29) is 5.69 Å². The highest BCUT2D eigenvalue weighted by atomic mass is 19.4. The van der Waals surface area contributed by atoms with Gasteiger partial charge >= 0.3 is 12.2 Å². The zero-order valence-electron chi connectivity index (χ0n) is 15.5. The van der Waals surface area contributed by atoms with E-state index in [1.165, 1.54) is 12.1 Å². The number of hydrogen-bond donors (Lipinski definition) is 2. The number of anilines is 2. The van der Waals surface area contributed by atoms with Crippen LogP contribution in [0.1, 0.15) is 5.56 Å². The second-order valence-corrected chi connectivity index (χ2v) is 7.12. The van der Waals surface area contributed by atoms with Crippen LogP contribution in [0.2, 0.25) is 0 Å². The van der Waals surface area contributed by atoms with Gasteiger partial charge in [0.15, 0.2) is 0 Å². The summed E-state index contributed by atoms with van der Waals surface area (Å²) in [6, 6.07) is 21.8. The summed E-state index contributed by atoms with van der Waals surface area (Å²) in [5, 5.41) is 11.8. The molecule has 5 rings (SSSR count). The Morgan fingerprint density at radius 3 is 1.93 bits per heavy atom. The number of hydrogen-bond acceptors (Lipinski definition) is 1. The van der Waals surface area contributed by atoms with Crippen LogP contribution in [-0.4, -0.2) is 6.03 Å². The van der Waals surface area contributed by atoms with Crippen LogP contribution >= 0.6 is 0 Å². The average Bonchev–Trinajstić information content (AvgIpc) is 2.73. The van der Waals surface area contributed by atoms with E-state index in [2.05, 4.69) is 34.9 Å². The third kappa shape index (κ3) is 3.06. The van der Waals surface area contributed by atoms with E-state index < -0.39 is 17.8 Å². The van der Waals surface area contributed by atoms with Gasteiger partial charge in [0.1, 0.15) is 0 Å². The highest BCUT2D eigenvalue weighted by Gasteiger charge is 2.30. The smallest absolute Gasteiger partial charge is 0.308 e. The van der Waals surface area contributed by atoms with Crippen LogP contribution in [0.15, 0.2) is 78.9 Å². The number of nitrogens with one attached hydrogen (secondary N) is 2. The molecule has 5 aromatic rings. The summed E-state index contributed by atoms with van der Waals surface area (Å²) in [7, 11) is 0. The van der Waals surface area contributed by atoms with Gasteiger partial charge in [-0.05, 0) is 57.3 Å². The number of rotatable bonds is 2. The summed E-state index contributed by atoms with van der Waals surface area (Å²) in [5.41, 5.74) is 0.142. The van der Waals surface area contributed by atoms with Gasteiger partial charge < -0.3 is 10.6 Å². The lowest BCUT2D eigenvalue weighted by Crippen LogP contribution is -2.19. The molecule has 5 aromatic carbocycles. The molecule has 0 saturated heterocycles. The summed E-state index contributed by atoms with van der Waals surface area (Å²) in [4.78, 5) is 12.5. The summed E-state index contributed by atoms with van der Waals surface area (Å²) >= 11 is 0. The van der Waals surface area contributed by atoms with Crippen LogP contribution in [-0.2, 0) is 6.18 Å². The summed E-state index contributed by atoms with van der Waals surface area (Å²) in [6.07, 6.45) is -4.41. The topological polar surface area (TPSA) is 41.1 Å². The van der Waals surface area contributed by atoms with Crippen molar-refractivity contribution in [3.63, 3.8) is 0 Å². The van der Waals surface area contributed by atoms with E-state index in [4.69, 9.17) is 0 Å². The molecule has 2 amide bonds. The minimum absolute atomic E-state index is 0.276. The maximum atomic E-state index is 12.7. The fraction of sp³-hybridized carbons (Fsp3) is 0.0417. The first-order chi connectivity index (χ1) is 14.4. The quantitative estimate of drug-likeness (QED) is 0.299. The predicted molar refractivity (Wildman–Crippen MR) is 114 cm³/mol. The van der Waals surface area contributed by atoms with Crippen LogP contribution in [0.4, 0.5) is 29.3 Å². The van der Waals surface area contributed by atoms with Crippen LogP contribution in [0.5, 0.6) is 0 Å². The van der Waals surface area contributed by atoms with Crippen molar-refractivity contribution in [1.82, 2.24) is 0 Å². The molecule has 30 heavy (non-hydrogen) atoms. The molecule has 0 atom stereocenters. The first-order valence-electron chi connectivity index (χ1n) is 9.32. The Kier molecular flexibility index (Phi) is 4.03. The minimum atomic E-state index is -4.41. The van der Waals surface area contributed by atoms with Gasteiger partial charge in [-0.25, -0.2) is 4.79 Å². The van der Waals surface area contributed by atoms with Crippen molar-refractivity contribution >= 4 is 49.7 Å². The van der Waals surface area contributed by atoms with E-state index in [1.807, 2.05) is 30.3 Å². The Balaban J connectivity index is 1.47.